The highest BCUT2D eigenvalue weighted by molar-refractivity contribution is 7.89. The van der Waals surface area contributed by atoms with E-state index in [1.807, 2.05) is 36.4 Å². The smallest absolute Gasteiger partial charge is 0.243 e. The maximum atomic E-state index is 13.1. The summed E-state index contributed by atoms with van der Waals surface area (Å²) in [5, 5.41) is 0.682. The topological polar surface area (TPSA) is 53.5 Å². The fraction of sp³-hybridized carbons (Fsp3) is 0.190. The van der Waals surface area contributed by atoms with E-state index < -0.39 is 15.8 Å². The van der Waals surface area contributed by atoms with Crippen molar-refractivity contribution in [1.82, 2.24) is 9.29 Å². The normalized spacial score (nSPS) is 15.4. The van der Waals surface area contributed by atoms with Gasteiger partial charge in [0.25, 0.3) is 0 Å². The lowest BCUT2D eigenvalue weighted by atomic mass is 10.1. The maximum Gasteiger partial charge on any atom is 0.243 e. The number of rotatable bonds is 4. The Bertz CT molecular complexity index is 1100. The molecular weight excluding hydrogens is 413 g/mol. The Kier molecular flexibility index (Phi) is 5.54. The van der Waals surface area contributed by atoms with Crippen LogP contribution in [-0.4, -0.2) is 43.9 Å². The van der Waals surface area contributed by atoms with E-state index in [1.165, 1.54) is 16.4 Å². The van der Waals surface area contributed by atoms with Crippen molar-refractivity contribution >= 4 is 27.4 Å². The van der Waals surface area contributed by atoms with E-state index in [9.17, 15) is 12.8 Å². The first-order valence-electron chi connectivity index (χ1n) is 9.16. The van der Waals surface area contributed by atoms with Gasteiger partial charge in [-0.15, -0.1) is 0 Å². The Morgan fingerprint density at radius 2 is 1.52 bits per heavy atom. The zero-order valence-electron chi connectivity index (χ0n) is 15.5. The van der Waals surface area contributed by atoms with E-state index in [0.717, 1.165) is 29.1 Å². The SMILES string of the molecule is O=S(=O)(c1ccc(F)cc1)N1CCN(c2cc(-c3ccc(Cl)cc3)ccn2)CC1. The molecule has 4 rings (SSSR count). The van der Waals surface area contributed by atoms with Gasteiger partial charge in [0.15, 0.2) is 0 Å². The van der Waals surface area contributed by atoms with Crippen molar-refractivity contribution in [2.24, 2.45) is 0 Å². The van der Waals surface area contributed by atoms with Gasteiger partial charge in [0.1, 0.15) is 11.6 Å². The number of halogens is 2. The van der Waals surface area contributed by atoms with Crippen LogP contribution in [0.1, 0.15) is 0 Å². The fourth-order valence-electron chi connectivity index (χ4n) is 3.33. The highest BCUT2D eigenvalue weighted by Crippen LogP contribution is 2.26. The fourth-order valence-corrected chi connectivity index (χ4v) is 4.87. The van der Waals surface area contributed by atoms with Gasteiger partial charge in [-0.1, -0.05) is 23.7 Å². The van der Waals surface area contributed by atoms with Crippen molar-refractivity contribution < 1.29 is 12.8 Å². The number of hydrogen-bond donors (Lipinski definition) is 0. The lowest BCUT2D eigenvalue weighted by Crippen LogP contribution is -2.48. The Labute approximate surface area is 174 Å². The zero-order chi connectivity index (χ0) is 20.4. The quantitative estimate of drug-likeness (QED) is 0.625. The minimum absolute atomic E-state index is 0.107. The molecule has 150 valence electrons. The van der Waals surface area contributed by atoms with Gasteiger partial charge in [-0.3, -0.25) is 0 Å². The number of pyridine rings is 1. The van der Waals surface area contributed by atoms with Gasteiger partial charge < -0.3 is 4.90 Å². The first kappa shape index (κ1) is 19.8. The monoisotopic (exact) mass is 431 g/mol. The first-order chi connectivity index (χ1) is 13.9. The van der Waals surface area contributed by atoms with Crippen LogP contribution in [0.5, 0.6) is 0 Å². The third-order valence-corrected chi connectivity index (χ3v) is 7.10. The second-order valence-corrected chi connectivity index (χ2v) is 9.13. The number of sulfonamides is 1. The van der Waals surface area contributed by atoms with Crippen molar-refractivity contribution in [1.29, 1.82) is 0 Å². The van der Waals surface area contributed by atoms with Gasteiger partial charge in [-0.2, -0.15) is 4.31 Å². The second kappa shape index (κ2) is 8.10. The lowest BCUT2D eigenvalue weighted by molar-refractivity contribution is 0.384. The number of anilines is 1. The molecule has 1 saturated heterocycles. The maximum absolute atomic E-state index is 13.1. The molecular formula is C21H19ClFN3O2S. The predicted octanol–water partition coefficient (Wildman–Crippen LogP) is 4.05. The molecule has 2 aromatic carbocycles. The molecule has 0 radical (unpaired) electrons. The molecule has 0 spiro atoms. The Morgan fingerprint density at radius 1 is 0.862 bits per heavy atom. The van der Waals surface area contributed by atoms with Crippen LogP contribution in [0.4, 0.5) is 10.2 Å². The minimum Gasteiger partial charge on any atom is -0.354 e. The number of hydrogen-bond acceptors (Lipinski definition) is 4. The highest BCUT2D eigenvalue weighted by atomic mass is 35.5. The number of piperazine rings is 1. The van der Waals surface area contributed by atoms with Crippen molar-refractivity contribution in [3.8, 4) is 11.1 Å². The second-order valence-electron chi connectivity index (χ2n) is 6.75. The zero-order valence-corrected chi connectivity index (χ0v) is 17.1. The highest BCUT2D eigenvalue weighted by Gasteiger charge is 2.29. The van der Waals surface area contributed by atoms with Gasteiger partial charge in [0, 0.05) is 37.4 Å². The molecule has 0 saturated carbocycles. The summed E-state index contributed by atoms with van der Waals surface area (Å²) >= 11 is 5.96. The van der Waals surface area contributed by atoms with E-state index in [4.69, 9.17) is 11.6 Å². The van der Waals surface area contributed by atoms with Gasteiger partial charge in [-0.05, 0) is 59.7 Å². The van der Waals surface area contributed by atoms with Crippen molar-refractivity contribution in [2.45, 2.75) is 4.90 Å². The van der Waals surface area contributed by atoms with Crippen molar-refractivity contribution in [3.05, 3.63) is 77.7 Å². The summed E-state index contributed by atoms with van der Waals surface area (Å²) in [6, 6.07) is 16.4. The minimum atomic E-state index is -3.63. The Hall–Kier alpha value is -2.48. The Balaban J connectivity index is 1.48. The number of benzene rings is 2. The summed E-state index contributed by atoms with van der Waals surface area (Å²) in [7, 11) is -3.63. The molecule has 8 heteroatoms. The van der Waals surface area contributed by atoms with E-state index in [2.05, 4.69) is 9.88 Å². The molecule has 0 aliphatic carbocycles. The average molecular weight is 432 g/mol. The van der Waals surface area contributed by atoms with Crippen LogP contribution in [0.3, 0.4) is 0 Å². The van der Waals surface area contributed by atoms with Gasteiger partial charge in [0.2, 0.25) is 10.0 Å². The van der Waals surface area contributed by atoms with Crippen LogP contribution >= 0.6 is 11.6 Å². The summed E-state index contributed by atoms with van der Waals surface area (Å²) in [5.41, 5.74) is 2.06. The van der Waals surface area contributed by atoms with E-state index in [0.29, 0.717) is 31.2 Å². The summed E-state index contributed by atoms with van der Waals surface area (Å²) in [4.78, 5) is 6.62. The van der Waals surface area contributed by atoms with Crippen molar-refractivity contribution in [3.63, 3.8) is 0 Å². The van der Waals surface area contributed by atoms with E-state index in [1.54, 1.807) is 6.20 Å². The van der Waals surface area contributed by atoms with Crippen LogP contribution in [-0.2, 0) is 10.0 Å². The molecule has 1 aliphatic heterocycles. The molecule has 0 amide bonds. The Morgan fingerprint density at radius 3 is 2.17 bits per heavy atom. The van der Waals surface area contributed by atoms with Crippen LogP contribution in [0.25, 0.3) is 11.1 Å². The summed E-state index contributed by atoms with van der Waals surface area (Å²) in [6.07, 6.45) is 1.75. The molecule has 0 bridgehead atoms. The standard InChI is InChI=1S/C21H19ClFN3O2S/c22-18-3-1-16(2-4-18)17-9-10-24-21(15-17)25-11-13-26(14-12-25)29(27,28)20-7-5-19(23)6-8-20/h1-10,15H,11-14H2. The molecule has 0 unspecified atom stereocenters. The molecule has 2 heterocycles. The van der Waals surface area contributed by atoms with Crippen LogP contribution in [0.2, 0.25) is 5.02 Å². The molecule has 3 aromatic rings. The largest absolute Gasteiger partial charge is 0.354 e. The van der Waals surface area contributed by atoms with E-state index in [-0.39, 0.29) is 4.90 Å². The summed E-state index contributed by atoms with van der Waals surface area (Å²) in [6.45, 7) is 1.73. The van der Waals surface area contributed by atoms with Crippen LogP contribution in [0.15, 0.2) is 71.8 Å². The molecule has 1 fully saturated rings. The number of aromatic nitrogens is 1. The summed E-state index contributed by atoms with van der Waals surface area (Å²) < 4.78 is 40.1. The average Bonchev–Trinajstić information content (AvgIpc) is 2.75. The lowest BCUT2D eigenvalue weighted by Gasteiger charge is -2.34. The van der Waals surface area contributed by atoms with Crippen LogP contribution in [0, 0.1) is 5.82 Å². The molecule has 1 aliphatic rings. The van der Waals surface area contributed by atoms with Crippen molar-refractivity contribution in [2.75, 3.05) is 31.1 Å². The third kappa shape index (κ3) is 4.27. The summed E-state index contributed by atoms with van der Waals surface area (Å²) in [5.74, 6) is 0.344. The molecule has 1 aromatic heterocycles. The van der Waals surface area contributed by atoms with Gasteiger partial charge >= 0.3 is 0 Å². The third-order valence-electron chi connectivity index (χ3n) is 4.94. The van der Waals surface area contributed by atoms with Gasteiger partial charge in [-0.25, -0.2) is 17.8 Å². The van der Waals surface area contributed by atoms with E-state index >= 15 is 0 Å². The predicted molar refractivity (Wildman–Crippen MR) is 112 cm³/mol. The first-order valence-corrected chi connectivity index (χ1v) is 11.0. The molecule has 0 N–H and O–H groups in total. The van der Waals surface area contributed by atoms with Crippen LogP contribution < -0.4 is 4.90 Å². The van der Waals surface area contributed by atoms with Gasteiger partial charge in [0.05, 0.1) is 4.90 Å². The molecule has 5 nitrogen and oxygen atoms in total. The number of nitrogens with zero attached hydrogens (tertiary/aromatic N) is 3. The molecule has 0 atom stereocenters. The molecule has 29 heavy (non-hydrogen) atoms.